The van der Waals surface area contributed by atoms with Crippen molar-refractivity contribution in [1.82, 2.24) is 19.1 Å². The molecule has 0 unspecified atom stereocenters. The van der Waals surface area contributed by atoms with Gasteiger partial charge in [0.15, 0.2) is 0 Å². The molecule has 0 saturated carbocycles. The highest BCUT2D eigenvalue weighted by molar-refractivity contribution is 7.89. The number of anilines is 1. The van der Waals surface area contributed by atoms with E-state index in [1.54, 1.807) is 18.5 Å². The lowest BCUT2D eigenvalue weighted by Gasteiger charge is -2.26. The van der Waals surface area contributed by atoms with Crippen molar-refractivity contribution in [2.75, 3.05) is 18.4 Å². The van der Waals surface area contributed by atoms with Gasteiger partial charge in [0.05, 0.1) is 11.4 Å². The highest BCUT2D eigenvalue weighted by atomic mass is 32.2. The van der Waals surface area contributed by atoms with Crippen molar-refractivity contribution < 1.29 is 8.42 Å². The quantitative estimate of drug-likeness (QED) is 0.871. The average molecular weight is 305 g/mol. The van der Waals surface area contributed by atoms with E-state index in [0.717, 1.165) is 24.2 Å². The summed E-state index contributed by atoms with van der Waals surface area (Å²) in [6.45, 7) is 2.18. The van der Waals surface area contributed by atoms with E-state index in [9.17, 15) is 8.42 Å². The maximum Gasteiger partial charge on any atom is 0.243 e. The Morgan fingerprint density at radius 3 is 3.05 bits per heavy atom. The smallest absolute Gasteiger partial charge is 0.243 e. The van der Waals surface area contributed by atoms with Gasteiger partial charge in [0, 0.05) is 25.3 Å². The molecular weight excluding hydrogens is 290 g/mol. The first-order valence-corrected chi connectivity index (χ1v) is 8.32. The van der Waals surface area contributed by atoms with Crippen LogP contribution < -0.4 is 5.32 Å². The van der Waals surface area contributed by atoms with Crippen LogP contribution in [0.25, 0.3) is 0 Å². The lowest BCUT2D eigenvalue weighted by atomic mass is 10.2. The van der Waals surface area contributed by atoms with Crippen LogP contribution in [-0.4, -0.2) is 40.6 Å². The Morgan fingerprint density at radius 1 is 1.24 bits per heavy atom. The summed E-state index contributed by atoms with van der Waals surface area (Å²) in [4.78, 5) is 0.359. The van der Waals surface area contributed by atoms with Crippen molar-refractivity contribution in [2.24, 2.45) is 0 Å². The zero-order chi connectivity index (χ0) is 14.4. The minimum Gasteiger partial charge on any atom is -0.384 e. The molecule has 1 aromatic heterocycles. The zero-order valence-electron chi connectivity index (χ0n) is 11.4. The fourth-order valence-corrected chi connectivity index (χ4v) is 4.28. The number of nitrogens with zero attached hydrogens (tertiary/aromatic N) is 4. The molecule has 2 aliphatic rings. The number of benzene rings is 1. The van der Waals surface area contributed by atoms with Gasteiger partial charge in [-0.15, -0.1) is 10.2 Å². The van der Waals surface area contributed by atoms with Gasteiger partial charge < -0.3 is 9.88 Å². The van der Waals surface area contributed by atoms with Crippen molar-refractivity contribution in [3.8, 4) is 0 Å². The molecule has 7 nitrogen and oxygen atoms in total. The summed E-state index contributed by atoms with van der Waals surface area (Å²) in [6.07, 6.45) is 2.51. The number of aromatic nitrogens is 3. The predicted molar refractivity (Wildman–Crippen MR) is 76.3 cm³/mol. The van der Waals surface area contributed by atoms with Gasteiger partial charge in [0.25, 0.3) is 0 Å². The molecule has 0 fully saturated rings. The van der Waals surface area contributed by atoms with E-state index in [2.05, 4.69) is 15.5 Å². The van der Waals surface area contributed by atoms with Crippen LogP contribution in [0.5, 0.6) is 0 Å². The second-order valence-corrected chi connectivity index (χ2v) is 7.21. The van der Waals surface area contributed by atoms with E-state index >= 15 is 0 Å². The van der Waals surface area contributed by atoms with Crippen molar-refractivity contribution in [3.63, 3.8) is 0 Å². The summed E-state index contributed by atoms with van der Waals surface area (Å²) in [5.41, 5.74) is 2.10. The molecule has 110 valence electrons. The summed E-state index contributed by atoms with van der Waals surface area (Å²) in [7, 11) is -3.48. The Labute approximate surface area is 122 Å². The van der Waals surface area contributed by atoms with Crippen molar-refractivity contribution >= 4 is 15.7 Å². The standard InChI is InChI=1S/C13H15N5O2S/c19-21(20,11-1-2-12-10(7-11)3-4-14-12)18-6-5-17-9-15-16-13(17)8-18/h1-2,7,9,14H,3-6,8H2. The fraction of sp³-hybridized carbons (Fsp3) is 0.385. The van der Waals surface area contributed by atoms with E-state index in [1.807, 2.05) is 10.6 Å². The third-order valence-corrected chi connectivity index (χ3v) is 5.87. The Kier molecular flexibility index (Phi) is 2.76. The van der Waals surface area contributed by atoms with Gasteiger partial charge in [-0.3, -0.25) is 0 Å². The van der Waals surface area contributed by atoms with E-state index in [-0.39, 0.29) is 6.54 Å². The molecule has 21 heavy (non-hydrogen) atoms. The summed E-state index contributed by atoms with van der Waals surface area (Å²) < 4.78 is 28.9. The Hall–Kier alpha value is -1.93. The van der Waals surface area contributed by atoms with Crippen LogP contribution in [0.1, 0.15) is 11.4 Å². The van der Waals surface area contributed by atoms with Crippen LogP contribution in [0.4, 0.5) is 5.69 Å². The monoisotopic (exact) mass is 305 g/mol. The Morgan fingerprint density at radius 2 is 2.14 bits per heavy atom. The minimum atomic E-state index is -3.48. The first-order chi connectivity index (χ1) is 10.1. The Bertz CT molecular complexity index is 799. The predicted octanol–water partition coefficient (Wildman–Crippen LogP) is 0.451. The van der Waals surface area contributed by atoms with Gasteiger partial charge in [-0.25, -0.2) is 8.42 Å². The maximum absolute atomic E-state index is 12.8. The van der Waals surface area contributed by atoms with E-state index in [1.165, 1.54) is 4.31 Å². The summed E-state index contributed by atoms with van der Waals surface area (Å²) in [6, 6.07) is 5.30. The molecular formula is C13H15N5O2S. The van der Waals surface area contributed by atoms with Crippen LogP contribution in [0, 0.1) is 0 Å². The fourth-order valence-electron chi connectivity index (χ4n) is 2.84. The normalized spacial score (nSPS) is 18.1. The number of hydrogen-bond acceptors (Lipinski definition) is 5. The van der Waals surface area contributed by atoms with E-state index in [0.29, 0.717) is 23.8 Å². The van der Waals surface area contributed by atoms with Crippen LogP contribution in [-0.2, 0) is 29.5 Å². The number of nitrogens with one attached hydrogen (secondary N) is 1. The largest absolute Gasteiger partial charge is 0.384 e. The van der Waals surface area contributed by atoms with Crippen LogP contribution in [0.3, 0.4) is 0 Å². The molecule has 0 atom stereocenters. The summed E-state index contributed by atoms with van der Waals surface area (Å²) >= 11 is 0. The number of fused-ring (bicyclic) bond motifs is 2. The van der Waals surface area contributed by atoms with Gasteiger partial charge >= 0.3 is 0 Å². The van der Waals surface area contributed by atoms with Gasteiger partial charge in [-0.1, -0.05) is 0 Å². The molecule has 0 bridgehead atoms. The second kappa shape index (κ2) is 4.54. The molecule has 1 N–H and O–H groups in total. The van der Waals surface area contributed by atoms with Gasteiger partial charge in [-0.2, -0.15) is 4.31 Å². The lowest BCUT2D eigenvalue weighted by Crippen LogP contribution is -2.38. The van der Waals surface area contributed by atoms with Gasteiger partial charge in [-0.05, 0) is 30.2 Å². The minimum absolute atomic E-state index is 0.275. The zero-order valence-corrected chi connectivity index (χ0v) is 12.2. The first kappa shape index (κ1) is 12.8. The van der Waals surface area contributed by atoms with Crippen molar-refractivity contribution in [3.05, 3.63) is 35.9 Å². The molecule has 4 rings (SSSR count). The van der Waals surface area contributed by atoms with Gasteiger partial charge in [0.1, 0.15) is 12.2 Å². The van der Waals surface area contributed by atoms with Crippen molar-refractivity contribution in [1.29, 1.82) is 0 Å². The molecule has 0 spiro atoms. The molecule has 0 saturated heterocycles. The molecule has 2 aromatic rings. The van der Waals surface area contributed by atoms with E-state index < -0.39 is 10.0 Å². The van der Waals surface area contributed by atoms with Crippen LogP contribution >= 0.6 is 0 Å². The van der Waals surface area contributed by atoms with Crippen molar-refractivity contribution in [2.45, 2.75) is 24.4 Å². The highest BCUT2D eigenvalue weighted by Gasteiger charge is 2.30. The highest BCUT2D eigenvalue weighted by Crippen LogP contribution is 2.27. The van der Waals surface area contributed by atoms with Crippen LogP contribution in [0.15, 0.2) is 29.4 Å². The summed E-state index contributed by atoms with van der Waals surface area (Å²) in [5, 5.41) is 11.0. The number of rotatable bonds is 2. The average Bonchev–Trinajstić information content (AvgIpc) is 3.14. The SMILES string of the molecule is O=S(=O)(c1ccc2c(c1)CCN2)N1CCn2cnnc2C1. The molecule has 2 aliphatic heterocycles. The van der Waals surface area contributed by atoms with E-state index in [4.69, 9.17) is 0 Å². The first-order valence-electron chi connectivity index (χ1n) is 6.88. The molecule has 8 heteroatoms. The summed E-state index contributed by atoms with van der Waals surface area (Å²) in [5.74, 6) is 0.688. The third kappa shape index (κ3) is 2.02. The number of sulfonamides is 1. The molecule has 0 radical (unpaired) electrons. The molecule has 1 aromatic carbocycles. The number of hydrogen-bond donors (Lipinski definition) is 1. The molecule has 0 aliphatic carbocycles. The lowest BCUT2D eigenvalue weighted by molar-refractivity contribution is 0.335. The third-order valence-electron chi connectivity index (χ3n) is 4.03. The van der Waals surface area contributed by atoms with Crippen LogP contribution in [0.2, 0.25) is 0 Å². The second-order valence-electron chi connectivity index (χ2n) is 5.27. The van der Waals surface area contributed by atoms with Gasteiger partial charge in [0.2, 0.25) is 10.0 Å². The molecule has 0 amide bonds. The maximum atomic E-state index is 12.8. The molecule has 3 heterocycles. The Balaban J connectivity index is 1.68. The topological polar surface area (TPSA) is 80.1 Å².